The SMILES string of the molecule is O[C@@](/C=C/c1cccc(C(F)(F)F)c1)(Cn1ccnc1)c1cccnc1. The fourth-order valence-electron chi connectivity index (χ4n) is 2.57. The van der Waals surface area contributed by atoms with Crippen molar-refractivity contribution in [2.45, 2.75) is 18.3 Å². The third kappa shape index (κ3) is 4.18. The summed E-state index contributed by atoms with van der Waals surface area (Å²) in [6, 6.07) is 8.33. The van der Waals surface area contributed by atoms with Gasteiger partial charge in [-0.3, -0.25) is 4.98 Å². The monoisotopic (exact) mass is 359 g/mol. The molecule has 0 aliphatic carbocycles. The molecule has 4 nitrogen and oxygen atoms in total. The van der Waals surface area contributed by atoms with Crippen molar-refractivity contribution in [3.05, 3.63) is 90.3 Å². The summed E-state index contributed by atoms with van der Waals surface area (Å²) in [6.07, 6.45) is 6.46. The quantitative estimate of drug-likeness (QED) is 0.752. The second kappa shape index (κ2) is 7.13. The summed E-state index contributed by atoms with van der Waals surface area (Å²) in [6.45, 7) is 0.147. The number of hydrogen-bond donors (Lipinski definition) is 1. The molecular weight excluding hydrogens is 343 g/mol. The predicted octanol–water partition coefficient (Wildman–Crippen LogP) is 3.90. The largest absolute Gasteiger partial charge is 0.416 e. The summed E-state index contributed by atoms with van der Waals surface area (Å²) >= 11 is 0. The van der Waals surface area contributed by atoms with E-state index >= 15 is 0 Å². The van der Waals surface area contributed by atoms with Gasteiger partial charge in [0.25, 0.3) is 0 Å². The van der Waals surface area contributed by atoms with E-state index in [0.29, 0.717) is 11.1 Å². The average Bonchev–Trinajstić information content (AvgIpc) is 3.13. The van der Waals surface area contributed by atoms with Crippen LogP contribution in [0.25, 0.3) is 6.08 Å². The molecular formula is C19H16F3N3O. The van der Waals surface area contributed by atoms with E-state index in [-0.39, 0.29) is 6.54 Å². The first-order valence-corrected chi connectivity index (χ1v) is 7.82. The van der Waals surface area contributed by atoms with Crippen molar-refractivity contribution < 1.29 is 18.3 Å². The van der Waals surface area contributed by atoms with Crippen LogP contribution in [0, 0.1) is 0 Å². The molecule has 0 saturated carbocycles. The zero-order chi connectivity index (χ0) is 18.6. The van der Waals surface area contributed by atoms with Gasteiger partial charge in [-0.25, -0.2) is 4.98 Å². The fourth-order valence-corrected chi connectivity index (χ4v) is 2.57. The molecule has 3 rings (SSSR count). The molecule has 0 amide bonds. The predicted molar refractivity (Wildman–Crippen MR) is 90.8 cm³/mol. The molecule has 0 bridgehead atoms. The molecule has 1 aromatic carbocycles. The molecule has 7 heteroatoms. The van der Waals surface area contributed by atoms with Crippen LogP contribution in [-0.2, 0) is 18.3 Å². The Labute approximate surface area is 148 Å². The highest BCUT2D eigenvalue weighted by Crippen LogP contribution is 2.30. The minimum atomic E-state index is -4.42. The van der Waals surface area contributed by atoms with E-state index in [1.165, 1.54) is 24.4 Å². The maximum absolute atomic E-state index is 12.9. The molecule has 2 heterocycles. The third-order valence-corrected chi connectivity index (χ3v) is 3.91. The number of rotatable bonds is 5. The van der Waals surface area contributed by atoms with Crippen molar-refractivity contribution in [1.82, 2.24) is 14.5 Å². The summed E-state index contributed by atoms with van der Waals surface area (Å²) in [5, 5.41) is 11.1. The maximum Gasteiger partial charge on any atom is 0.416 e. The average molecular weight is 359 g/mol. The Morgan fingerprint density at radius 3 is 2.50 bits per heavy atom. The minimum absolute atomic E-state index is 0.147. The van der Waals surface area contributed by atoms with Gasteiger partial charge in [-0.15, -0.1) is 0 Å². The second-order valence-electron chi connectivity index (χ2n) is 5.86. The Morgan fingerprint density at radius 2 is 1.85 bits per heavy atom. The number of aromatic nitrogens is 3. The lowest BCUT2D eigenvalue weighted by atomic mass is 9.93. The van der Waals surface area contributed by atoms with Crippen molar-refractivity contribution in [2.75, 3.05) is 0 Å². The molecule has 0 saturated heterocycles. The Hall–Kier alpha value is -2.93. The molecule has 0 aliphatic rings. The van der Waals surface area contributed by atoms with E-state index in [9.17, 15) is 18.3 Å². The van der Waals surface area contributed by atoms with Gasteiger partial charge in [0.05, 0.1) is 18.4 Å². The van der Waals surface area contributed by atoms with Crippen molar-refractivity contribution in [3.63, 3.8) is 0 Å². The van der Waals surface area contributed by atoms with Gasteiger partial charge >= 0.3 is 6.18 Å². The number of hydrogen-bond acceptors (Lipinski definition) is 3. The Bertz CT molecular complexity index is 877. The fraction of sp³-hybridized carbons (Fsp3) is 0.158. The number of imidazole rings is 1. The van der Waals surface area contributed by atoms with Gasteiger partial charge in [0.2, 0.25) is 0 Å². The highest BCUT2D eigenvalue weighted by molar-refractivity contribution is 5.53. The minimum Gasteiger partial charge on any atom is -0.379 e. The van der Waals surface area contributed by atoms with Gasteiger partial charge in [0.15, 0.2) is 0 Å². The summed E-state index contributed by atoms with van der Waals surface area (Å²) in [5.74, 6) is 0. The first kappa shape index (κ1) is 17.9. The molecule has 26 heavy (non-hydrogen) atoms. The van der Waals surface area contributed by atoms with Crippen molar-refractivity contribution in [1.29, 1.82) is 0 Å². The second-order valence-corrected chi connectivity index (χ2v) is 5.86. The Morgan fingerprint density at radius 1 is 1.04 bits per heavy atom. The molecule has 0 fully saturated rings. The molecule has 1 atom stereocenters. The van der Waals surface area contributed by atoms with Gasteiger partial charge < -0.3 is 9.67 Å². The zero-order valence-electron chi connectivity index (χ0n) is 13.6. The van der Waals surface area contributed by atoms with Crippen molar-refractivity contribution >= 4 is 6.08 Å². The first-order valence-electron chi connectivity index (χ1n) is 7.82. The van der Waals surface area contributed by atoms with Gasteiger partial charge in [-0.2, -0.15) is 13.2 Å². The standard InChI is InChI=1S/C19H16F3N3O/c20-19(21,22)16-4-1-3-15(11-16)6-7-18(26,13-25-10-9-24-14-25)17-5-2-8-23-12-17/h1-12,14,26H,13H2/b7-6+/t18-/m0/s1. The first-order chi connectivity index (χ1) is 12.4. The summed E-state index contributed by atoms with van der Waals surface area (Å²) < 4.78 is 40.3. The van der Waals surface area contributed by atoms with E-state index in [1.807, 2.05) is 0 Å². The zero-order valence-corrected chi connectivity index (χ0v) is 13.6. The summed E-state index contributed by atoms with van der Waals surface area (Å²) in [7, 11) is 0. The number of halogens is 3. The number of nitrogens with zero attached hydrogens (tertiary/aromatic N) is 3. The van der Waals surface area contributed by atoms with Gasteiger partial charge in [-0.1, -0.05) is 24.3 Å². The highest BCUT2D eigenvalue weighted by Gasteiger charge is 2.30. The molecule has 0 unspecified atom stereocenters. The summed E-state index contributed by atoms with van der Waals surface area (Å²) in [5.41, 5.74) is -1.33. The van der Waals surface area contributed by atoms with Crippen molar-refractivity contribution in [3.8, 4) is 0 Å². The Kier molecular flexibility index (Phi) is 4.90. The number of benzene rings is 1. The van der Waals surface area contributed by atoms with Crippen LogP contribution in [0.4, 0.5) is 13.2 Å². The van der Waals surface area contributed by atoms with E-state index in [4.69, 9.17) is 0 Å². The van der Waals surface area contributed by atoms with E-state index in [0.717, 1.165) is 12.1 Å². The number of alkyl halides is 3. The molecule has 0 spiro atoms. The van der Waals surface area contributed by atoms with Crippen LogP contribution >= 0.6 is 0 Å². The lowest BCUT2D eigenvalue weighted by Crippen LogP contribution is -2.29. The van der Waals surface area contributed by atoms with Gasteiger partial charge in [0.1, 0.15) is 5.60 Å². The summed E-state index contributed by atoms with van der Waals surface area (Å²) in [4.78, 5) is 7.96. The Balaban J connectivity index is 1.94. The maximum atomic E-state index is 12.9. The molecule has 1 N–H and O–H groups in total. The highest BCUT2D eigenvalue weighted by atomic mass is 19.4. The smallest absolute Gasteiger partial charge is 0.379 e. The lowest BCUT2D eigenvalue weighted by molar-refractivity contribution is -0.137. The van der Waals surface area contributed by atoms with Crippen LogP contribution in [-0.4, -0.2) is 19.6 Å². The van der Waals surface area contributed by atoms with E-state index in [1.54, 1.807) is 47.7 Å². The van der Waals surface area contributed by atoms with Gasteiger partial charge in [0, 0.05) is 30.4 Å². The van der Waals surface area contributed by atoms with Crippen LogP contribution in [0.15, 0.2) is 73.6 Å². The molecule has 0 aliphatic heterocycles. The van der Waals surface area contributed by atoms with Crippen LogP contribution in [0.5, 0.6) is 0 Å². The van der Waals surface area contributed by atoms with E-state index < -0.39 is 17.3 Å². The molecule has 0 radical (unpaired) electrons. The third-order valence-electron chi connectivity index (χ3n) is 3.91. The van der Waals surface area contributed by atoms with Gasteiger partial charge in [-0.05, 0) is 29.8 Å². The normalized spacial score (nSPS) is 14.5. The number of aliphatic hydroxyl groups is 1. The molecule has 134 valence electrons. The van der Waals surface area contributed by atoms with Crippen LogP contribution in [0.1, 0.15) is 16.7 Å². The van der Waals surface area contributed by atoms with Crippen LogP contribution < -0.4 is 0 Å². The van der Waals surface area contributed by atoms with Crippen LogP contribution in [0.2, 0.25) is 0 Å². The van der Waals surface area contributed by atoms with Crippen molar-refractivity contribution in [2.24, 2.45) is 0 Å². The topological polar surface area (TPSA) is 50.9 Å². The van der Waals surface area contributed by atoms with Crippen LogP contribution in [0.3, 0.4) is 0 Å². The number of pyridine rings is 1. The molecule has 2 aromatic heterocycles. The lowest BCUT2D eigenvalue weighted by Gasteiger charge is -2.25. The van der Waals surface area contributed by atoms with E-state index in [2.05, 4.69) is 9.97 Å². The molecule has 3 aromatic rings.